The molecule has 7 nitrogen and oxygen atoms in total. The molecule has 3 aromatic rings. The van der Waals surface area contributed by atoms with Gasteiger partial charge >= 0.3 is 11.4 Å². The maximum atomic E-state index is 12.7. The standard InChI is InChI=1S/C17H10N2O5/c1-10-6-7-11(8-14(10)18-9-20)19-15(21)12-4-2-3-5-13(12)16(22)24-17(19)23/h2-8H,1H3. The number of isocyanates is 1. The Morgan fingerprint density at radius 2 is 1.75 bits per heavy atom. The van der Waals surface area contributed by atoms with Gasteiger partial charge in [0.05, 0.1) is 22.1 Å². The Kier molecular flexibility index (Phi) is 3.77. The fourth-order valence-electron chi connectivity index (χ4n) is 2.36. The van der Waals surface area contributed by atoms with E-state index in [0.717, 1.165) is 4.57 Å². The minimum absolute atomic E-state index is 0.0107. The number of rotatable bonds is 2. The average molecular weight is 322 g/mol. The number of carbonyl (C=O) groups excluding carboxylic acids is 1. The zero-order chi connectivity index (χ0) is 17.3. The first-order valence-corrected chi connectivity index (χ1v) is 6.91. The van der Waals surface area contributed by atoms with Crippen molar-refractivity contribution in [1.82, 2.24) is 4.57 Å². The average Bonchev–Trinajstić information content (AvgIpc) is 2.66. The van der Waals surface area contributed by atoms with Crippen LogP contribution in [0.4, 0.5) is 5.69 Å². The second kappa shape index (κ2) is 5.91. The molecule has 7 heteroatoms. The van der Waals surface area contributed by atoms with Crippen LogP contribution in [0.25, 0.3) is 16.5 Å². The zero-order valence-electron chi connectivity index (χ0n) is 12.5. The minimum atomic E-state index is -1.12. The lowest BCUT2D eigenvalue weighted by Gasteiger charge is -2.04. The Morgan fingerprint density at radius 1 is 1.04 bits per heavy atom. The van der Waals surface area contributed by atoms with Crippen LogP contribution in [0.15, 0.2) is 66.3 Å². The van der Waals surface area contributed by atoms with Crippen LogP contribution in [0.3, 0.4) is 0 Å². The topological polar surface area (TPSA) is 98.7 Å². The van der Waals surface area contributed by atoms with Crippen molar-refractivity contribution in [2.75, 3.05) is 0 Å². The van der Waals surface area contributed by atoms with Crippen LogP contribution in [0.5, 0.6) is 0 Å². The molecular formula is C17H10N2O5. The highest BCUT2D eigenvalue weighted by Gasteiger charge is 2.12. The van der Waals surface area contributed by atoms with Crippen LogP contribution in [0, 0.1) is 6.92 Å². The summed E-state index contributed by atoms with van der Waals surface area (Å²) in [5.74, 6) is -1.12. The molecule has 0 amide bonds. The molecule has 3 rings (SSSR count). The van der Waals surface area contributed by atoms with Crippen molar-refractivity contribution in [3.8, 4) is 5.69 Å². The summed E-state index contributed by atoms with van der Waals surface area (Å²) in [4.78, 5) is 50.9. The highest BCUT2D eigenvalue weighted by atomic mass is 16.4. The van der Waals surface area contributed by atoms with Gasteiger partial charge in [-0.2, -0.15) is 4.99 Å². The summed E-state index contributed by atoms with van der Waals surface area (Å²) in [6.45, 7) is 1.71. The minimum Gasteiger partial charge on any atom is -0.372 e. The van der Waals surface area contributed by atoms with Crippen molar-refractivity contribution < 1.29 is 9.21 Å². The molecule has 0 N–H and O–H groups in total. The third-order valence-corrected chi connectivity index (χ3v) is 3.56. The molecule has 1 aromatic heterocycles. The fourth-order valence-corrected chi connectivity index (χ4v) is 2.36. The van der Waals surface area contributed by atoms with Crippen molar-refractivity contribution in [3.63, 3.8) is 0 Å². The van der Waals surface area contributed by atoms with E-state index in [1.54, 1.807) is 25.1 Å². The van der Waals surface area contributed by atoms with Gasteiger partial charge in [-0.05, 0) is 36.8 Å². The van der Waals surface area contributed by atoms with Crippen LogP contribution in [-0.2, 0) is 4.79 Å². The van der Waals surface area contributed by atoms with E-state index in [1.165, 1.54) is 30.3 Å². The number of nitrogens with zero attached hydrogens (tertiary/aromatic N) is 2. The molecule has 0 atom stereocenters. The van der Waals surface area contributed by atoms with Crippen LogP contribution >= 0.6 is 0 Å². The summed E-state index contributed by atoms with van der Waals surface area (Å²) in [7, 11) is 0. The van der Waals surface area contributed by atoms with E-state index in [9.17, 15) is 19.2 Å². The molecule has 118 valence electrons. The van der Waals surface area contributed by atoms with Gasteiger partial charge in [0.15, 0.2) is 0 Å². The molecule has 0 aliphatic heterocycles. The first-order valence-electron chi connectivity index (χ1n) is 6.91. The molecule has 0 unspecified atom stereocenters. The number of aliphatic imine (C=N–C) groups is 1. The van der Waals surface area contributed by atoms with Gasteiger partial charge in [0.1, 0.15) is 0 Å². The normalized spacial score (nSPS) is 10.4. The van der Waals surface area contributed by atoms with E-state index in [1.807, 2.05) is 0 Å². The van der Waals surface area contributed by atoms with Crippen LogP contribution in [-0.4, -0.2) is 10.6 Å². The third-order valence-electron chi connectivity index (χ3n) is 3.56. The molecule has 0 saturated carbocycles. The highest BCUT2D eigenvalue weighted by Crippen LogP contribution is 2.20. The Morgan fingerprint density at radius 3 is 2.46 bits per heavy atom. The summed E-state index contributed by atoms with van der Waals surface area (Å²) in [5.41, 5.74) is -0.550. The second-order valence-corrected chi connectivity index (χ2v) is 5.02. The van der Waals surface area contributed by atoms with Crippen LogP contribution in [0.2, 0.25) is 0 Å². The van der Waals surface area contributed by atoms with Gasteiger partial charge in [-0.3, -0.25) is 4.79 Å². The molecule has 1 heterocycles. The molecule has 0 radical (unpaired) electrons. The van der Waals surface area contributed by atoms with E-state index >= 15 is 0 Å². The number of fused-ring (bicyclic) bond motifs is 1. The van der Waals surface area contributed by atoms with E-state index in [-0.39, 0.29) is 22.1 Å². The summed E-state index contributed by atoms with van der Waals surface area (Å²) < 4.78 is 5.45. The van der Waals surface area contributed by atoms with Gasteiger partial charge in [-0.15, -0.1) is 0 Å². The van der Waals surface area contributed by atoms with Gasteiger partial charge in [0.25, 0.3) is 5.56 Å². The predicted octanol–water partition coefficient (Wildman–Crippen LogP) is 1.58. The first-order chi connectivity index (χ1) is 11.5. The SMILES string of the molecule is Cc1ccc(-n2c(=O)oc(=O)c3ccccc3c2=O)cc1N=C=O. The monoisotopic (exact) mass is 322 g/mol. The van der Waals surface area contributed by atoms with E-state index in [0.29, 0.717) is 5.56 Å². The summed E-state index contributed by atoms with van der Waals surface area (Å²) >= 11 is 0. The molecule has 24 heavy (non-hydrogen) atoms. The molecule has 0 fully saturated rings. The molecule has 0 aliphatic rings. The largest absolute Gasteiger partial charge is 0.429 e. The number of hydrogen-bond donors (Lipinski definition) is 0. The van der Waals surface area contributed by atoms with Gasteiger partial charge in [-0.25, -0.2) is 19.0 Å². The van der Waals surface area contributed by atoms with Crippen molar-refractivity contribution in [3.05, 3.63) is 79.4 Å². The Bertz CT molecular complexity index is 1180. The predicted molar refractivity (Wildman–Crippen MR) is 86.9 cm³/mol. The molecule has 0 saturated heterocycles. The number of hydrogen-bond acceptors (Lipinski definition) is 6. The summed E-state index contributed by atoms with van der Waals surface area (Å²) in [6.07, 6.45) is 1.41. The lowest BCUT2D eigenvalue weighted by atomic mass is 10.2. The molecule has 2 aromatic carbocycles. The number of aromatic nitrogens is 1. The fraction of sp³-hybridized carbons (Fsp3) is 0.0588. The summed E-state index contributed by atoms with van der Waals surface area (Å²) in [5, 5.41) is 0.0611. The number of aryl methyl sites for hydroxylation is 1. The van der Waals surface area contributed by atoms with Crippen molar-refractivity contribution in [1.29, 1.82) is 0 Å². The Hall–Kier alpha value is -3.57. The zero-order valence-corrected chi connectivity index (χ0v) is 12.5. The van der Waals surface area contributed by atoms with Gasteiger partial charge in [0, 0.05) is 0 Å². The lowest BCUT2D eigenvalue weighted by molar-refractivity contribution is 0.447. The quantitative estimate of drug-likeness (QED) is 0.527. The molecule has 0 bridgehead atoms. The number of benzene rings is 2. The summed E-state index contributed by atoms with van der Waals surface area (Å²) in [6, 6.07) is 10.4. The smallest absolute Gasteiger partial charge is 0.372 e. The van der Waals surface area contributed by atoms with Crippen LogP contribution in [0.1, 0.15) is 5.56 Å². The highest BCUT2D eigenvalue weighted by molar-refractivity contribution is 5.80. The Labute approximate surface area is 134 Å². The third kappa shape index (κ3) is 2.49. The first kappa shape index (κ1) is 15.3. The second-order valence-electron chi connectivity index (χ2n) is 5.02. The van der Waals surface area contributed by atoms with Gasteiger partial charge in [-0.1, -0.05) is 18.2 Å². The van der Waals surface area contributed by atoms with Crippen LogP contribution < -0.4 is 16.9 Å². The van der Waals surface area contributed by atoms with Gasteiger partial charge < -0.3 is 4.42 Å². The maximum Gasteiger partial charge on any atom is 0.429 e. The molecule has 0 spiro atoms. The van der Waals surface area contributed by atoms with Crippen molar-refractivity contribution in [2.24, 2.45) is 4.99 Å². The van der Waals surface area contributed by atoms with Crippen molar-refractivity contribution >= 4 is 22.5 Å². The maximum absolute atomic E-state index is 12.7. The molecular weight excluding hydrogens is 312 g/mol. The van der Waals surface area contributed by atoms with Crippen molar-refractivity contribution in [2.45, 2.75) is 6.92 Å². The van der Waals surface area contributed by atoms with E-state index in [4.69, 9.17) is 4.42 Å². The van der Waals surface area contributed by atoms with Gasteiger partial charge in [0.2, 0.25) is 6.08 Å². The van der Waals surface area contributed by atoms with E-state index < -0.39 is 16.9 Å². The molecule has 0 aliphatic carbocycles. The van der Waals surface area contributed by atoms with E-state index in [2.05, 4.69) is 4.99 Å². The Balaban J connectivity index is 2.49. The lowest BCUT2D eigenvalue weighted by Crippen LogP contribution is -2.28.